The molecule has 0 bridgehead atoms. The van der Waals surface area contributed by atoms with Gasteiger partial charge in [-0.2, -0.15) is 0 Å². The lowest BCUT2D eigenvalue weighted by Gasteiger charge is -2.11. The fourth-order valence-corrected chi connectivity index (χ4v) is 5.36. The third kappa shape index (κ3) is 0.979. The highest BCUT2D eigenvalue weighted by Gasteiger charge is 2.17. The summed E-state index contributed by atoms with van der Waals surface area (Å²) in [5.74, 6) is 0. The summed E-state index contributed by atoms with van der Waals surface area (Å²) in [5, 5.41) is 12.2. The van der Waals surface area contributed by atoms with Crippen molar-refractivity contribution in [3.05, 3.63) is 39.1 Å². The van der Waals surface area contributed by atoms with Crippen LogP contribution in [-0.4, -0.2) is 0 Å². The van der Waals surface area contributed by atoms with E-state index in [1.807, 2.05) is 22.7 Å². The lowest BCUT2D eigenvalue weighted by Crippen LogP contribution is -2.03. The van der Waals surface area contributed by atoms with E-state index in [9.17, 15) is 0 Å². The van der Waals surface area contributed by atoms with Crippen LogP contribution in [0.25, 0.3) is 37.7 Å². The molecule has 2 aromatic heterocycles. The van der Waals surface area contributed by atoms with Crippen LogP contribution in [0.5, 0.6) is 0 Å². The zero-order valence-electron chi connectivity index (χ0n) is 9.69. The minimum Gasteiger partial charge on any atom is -0.143 e. The quantitative estimate of drug-likeness (QED) is 0.432. The molecule has 0 amide bonds. The van der Waals surface area contributed by atoms with Crippen LogP contribution in [0.3, 0.4) is 0 Å². The molecule has 0 spiro atoms. The van der Waals surface area contributed by atoms with Gasteiger partial charge in [-0.25, -0.2) is 0 Å². The van der Waals surface area contributed by atoms with Crippen molar-refractivity contribution in [3.63, 3.8) is 0 Å². The van der Waals surface area contributed by atoms with Crippen LogP contribution in [0, 0.1) is 0 Å². The molecule has 0 fully saturated rings. The van der Waals surface area contributed by atoms with E-state index in [1.54, 1.807) is 5.56 Å². The molecular weight excluding hydrogens is 256 g/mol. The molecule has 2 aromatic carbocycles. The first-order valence-electron chi connectivity index (χ1n) is 6.25. The highest BCUT2D eigenvalue weighted by atomic mass is 32.1. The molecule has 1 aliphatic carbocycles. The predicted molar refractivity (Wildman–Crippen MR) is 82.7 cm³/mol. The van der Waals surface area contributed by atoms with Crippen LogP contribution < -0.4 is 4.53 Å². The maximum atomic E-state index is 2.41. The molecule has 0 N–H and O–H groups in total. The van der Waals surface area contributed by atoms with E-state index >= 15 is 0 Å². The van der Waals surface area contributed by atoms with Crippen molar-refractivity contribution >= 4 is 60.4 Å². The van der Waals surface area contributed by atoms with E-state index in [2.05, 4.69) is 35.0 Å². The van der Waals surface area contributed by atoms with Crippen LogP contribution in [0.15, 0.2) is 29.0 Å². The Morgan fingerprint density at radius 3 is 2.83 bits per heavy atom. The molecule has 0 unspecified atom stereocenters. The number of fused-ring (bicyclic) bond motifs is 2. The molecule has 18 heavy (non-hydrogen) atoms. The van der Waals surface area contributed by atoms with Crippen molar-refractivity contribution in [2.45, 2.75) is 12.8 Å². The minimum absolute atomic E-state index is 1.20. The lowest BCUT2D eigenvalue weighted by atomic mass is 9.92. The molecule has 0 radical (unpaired) electrons. The van der Waals surface area contributed by atoms with E-state index in [-0.39, 0.29) is 0 Å². The summed E-state index contributed by atoms with van der Waals surface area (Å²) in [5.41, 5.74) is 1.59. The molecule has 4 aromatic rings. The van der Waals surface area contributed by atoms with Gasteiger partial charge in [0.25, 0.3) is 0 Å². The van der Waals surface area contributed by atoms with Crippen LogP contribution in [0.4, 0.5) is 0 Å². The average Bonchev–Trinajstić information content (AvgIpc) is 3.01. The summed E-state index contributed by atoms with van der Waals surface area (Å²) < 4.78 is 2.92. The Morgan fingerprint density at radius 2 is 1.83 bits per heavy atom. The Morgan fingerprint density at radius 1 is 0.889 bits per heavy atom. The zero-order valence-corrected chi connectivity index (χ0v) is 11.3. The number of thiophene rings is 2. The minimum atomic E-state index is 1.20. The molecule has 1 aliphatic rings. The van der Waals surface area contributed by atoms with Gasteiger partial charge < -0.3 is 0 Å². The second-order valence-corrected chi connectivity index (χ2v) is 6.76. The maximum Gasteiger partial charge on any atom is 0.0355 e. The number of hydrogen-bond acceptors (Lipinski definition) is 2. The third-order valence-electron chi connectivity index (χ3n) is 4.06. The van der Waals surface area contributed by atoms with Crippen LogP contribution in [0.2, 0.25) is 0 Å². The van der Waals surface area contributed by atoms with Gasteiger partial charge in [-0.15, -0.1) is 22.7 Å². The maximum absolute atomic E-state index is 2.41. The second kappa shape index (κ2) is 3.14. The first-order valence-corrected chi connectivity index (χ1v) is 8.01. The molecular formula is C16H10S2. The number of aryl methyl sites for hydroxylation is 1. The topological polar surface area (TPSA) is 0 Å². The summed E-state index contributed by atoms with van der Waals surface area (Å²) in [7, 11) is 0. The molecule has 86 valence electrons. The van der Waals surface area contributed by atoms with Gasteiger partial charge in [-0.05, 0) is 46.0 Å². The summed E-state index contributed by atoms with van der Waals surface area (Å²) >= 11 is 3.79. The average molecular weight is 266 g/mol. The Balaban J connectivity index is 2.29. The van der Waals surface area contributed by atoms with Gasteiger partial charge in [0.05, 0.1) is 0 Å². The van der Waals surface area contributed by atoms with Gasteiger partial charge in [0.2, 0.25) is 0 Å². The highest BCUT2D eigenvalue weighted by Crippen LogP contribution is 2.41. The smallest absolute Gasteiger partial charge is 0.0355 e. The first kappa shape index (κ1) is 9.54. The molecule has 5 rings (SSSR count). The van der Waals surface area contributed by atoms with Crippen molar-refractivity contribution in [1.82, 2.24) is 0 Å². The van der Waals surface area contributed by atoms with Gasteiger partial charge in [0.1, 0.15) is 0 Å². The van der Waals surface area contributed by atoms with Crippen molar-refractivity contribution in [2.24, 2.45) is 0 Å². The number of benzene rings is 2. The van der Waals surface area contributed by atoms with E-state index in [0.717, 1.165) is 0 Å². The highest BCUT2D eigenvalue weighted by molar-refractivity contribution is 7.18. The van der Waals surface area contributed by atoms with E-state index in [4.69, 9.17) is 0 Å². The largest absolute Gasteiger partial charge is 0.143 e. The Kier molecular flexibility index (Phi) is 1.66. The van der Waals surface area contributed by atoms with Crippen LogP contribution in [-0.2, 0) is 6.42 Å². The normalized spacial score (nSPS) is 14.7. The summed E-state index contributed by atoms with van der Waals surface area (Å²) in [6, 6.07) is 6.73. The third-order valence-corrected chi connectivity index (χ3v) is 5.99. The van der Waals surface area contributed by atoms with Gasteiger partial charge >= 0.3 is 0 Å². The first-order chi connectivity index (χ1) is 8.93. The summed E-state index contributed by atoms with van der Waals surface area (Å²) in [6.45, 7) is 0. The molecule has 0 saturated heterocycles. The van der Waals surface area contributed by atoms with Crippen molar-refractivity contribution < 1.29 is 0 Å². The molecule has 0 aliphatic heterocycles. The van der Waals surface area contributed by atoms with E-state index in [1.165, 1.54) is 49.0 Å². The summed E-state index contributed by atoms with van der Waals surface area (Å²) in [6.07, 6.45) is 4.81. The summed E-state index contributed by atoms with van der Waals surface area (Å²) in [4.78, 5) is 0. The van der Waals surface area contributed by atoms with Crippen molar-refractivity contribution in [2.75, 3.05) is 0 Å². The zero-order chi connectivity index (χ0) is 11.7. The Labute approximate surface area is 112 Å². The molecule has 0 saturated carbocycles. The SMILES string of the molecule is C1=c2scc3c2c(c2csc4cccc3c42)CC1. The van der Waals surface area contributed by atoms with Gasteiger partial charge in [-0.3, -0.25) is 0 Å². The van der Waals surface area contributed by atoms with E-state index < -0.39 is 0 Å². The predicted octanol–water partition coefficient (Wildman–Crippen LogP) is 4.71. The monoisotopic (exact) mass is 266 g/mol. The van der Waals surface area contributed by atoms with E-state index in [0.29, 0.717) is 0 Å². The second-order valence-electron chi connectivity index (χ2n) is 4.94. The standard InChI is InChI=1S/C16H10S2/c1-3-9-11-7-18-14-6-2-4-10(16(11)14)12-8-17-13(5-1)15(9)12/h1,3,5-8H,2,4H2. The van der Waals surface area contributed by atoms with Gasteiger partial charge in [0.15, 0.2) is 0 Å². The van der Waals surface area contributed by atoms with Crippen molar-refractivity contribution in [1.29, 1.82) is 0 Å². The number of hydrogen-bond donors (Lipinski definition) is 0. The molecule has 2 heteroatoms. The Hall–Kier alpha value is -1.38. The Bertz CT molecular complexity index is 969. The van der Waals surface area contributed by atoms with Crippen molar-refractivity contribution in [3.8, 4) is 0 Å². The molecule has 0 nitrogen and oxygen atoms in total. The fraction of sp³-hybridized carbons (Fsp3) is 0.125. The fourth-order valence-electron chi connectivity index (χ4n) is 3.31. The lowest BCUT2D eigenvalue weighted by molar-refractivity contribution is 1.05. The van der Waals surface area contributed by atoms with Gasteiger partial charge in [-0.1, -0.05) is 18.2 Å². The molecule has 0 atom stereocenters. The molecule has 2 heterocycles. The number of rotatable bonds is 0. The van der Waals surface area contributed by atoms with Gasteiger partial charge in [0, 0.05) is 25.4 Å². The van der Waals surface area contributed by atoms with Crippen LogP contribution in [0.1, 0.15) is 12.0 Å². The van der Waals surface area contributed by atoms with Crippen LogP contribution >= 0.6 is 22.7 Å².